The van der Waals surface area contributed by atoms with Crippen LogP contribution in [0.15, 0.2) is 84.9 Å². The Morgan fingerprint density at radius 3 is 2.29 bits per heavy atom. The van der Waals surface area contributed by atoms with E-state index in [0.29, 0.717) is 5.71 Å². The molecule has 0 saturated heterocycles. The van der Waals surface area contributed by atoms with E-state index in [2.05, 4.69) is 97.5 Å². The predicted octanol–water partition coefficient (Wildman–Crippen LogP) is 6.90. The molecule has 2 N–H and O–H groups in total. The number of benzene rings is 3. The fourth-order valence-corrected chi connectivity index (χ4v) is 4.30. The van der Waals surface area contributed by atoms with Crippen LogP contribution >= 0.6 is 0 Å². The number of aryl methyl sites for hydroxylation is 1. The third kappa shape index (κ3) is 3.68. The largest absolute Gasteiger partial charge is 0.388 e. The van der Waals surface area contributed by atoms with E-state index >= 15 is 0 Å². The van der Waals surface area contributed by atoms with E-state index < -0.39 is 5.41 Å². The van der Waals surface area contributed by atoms with Crippen molar-refractivity contribution in [3.63, 3.8) is 0 Å². The van der Waals surface area contributed by atoms with Gasteiger partial charge in [0.2, 0.25) is 0 Å². The van der Waals surface area contributed by atoms with Gasteiger partial charge >= 0.3 is 0 Å². The van der Waals surface area contributed by atoms with Gasteiger partial charge in [0.15, 0.2) is 0 Å². The minimum Gasteiger partial charge on any atom is -0.388 e. The third-order valence-corrected chi connectivity index (χ3v) is 6.15. The van der Waals surface area contributed by atoms with Crippen LogP contribution in [-0.4, -0.2) is 17.3 Å². The van der Waals surface area contributed by atoms with Gasteiger partial charge in [0.25, 0.3) is 0 Å². The third-order valence-electron chi connectivity index (χ3n) is 6.15. The Hall–Kier alpha value is -3.59. The smallest absolute Gasteiger partial charge is 0.0562 e. The molecule has 156 valence electrons. The van der Waals surface area contributed by atoms with E-state index in [4.69, 9.17) is 5.41 Å². The summed E-state index contributed by atoms with van der Waals surface area (Å²) in [5.74, 6) is 0. The number of nitrogens with zero attached hydrogens (tertiary/aromatic N) is 1. The van der Waals surface area contributed by atoms with Crippen molar-refractivity contribution in [3.8, 4) is 11.3 Å². The maximum absolute atomic E-state index is 8.92. The molecule has 3 nitrogen and oxygen atoms in total. The number of allylic oxidation sites excluding steroid dienone is 1. The maximum atomic E-state index is 8.92. The zero-order chi connectivity index (χ0) is 22.0. The van der Waals surface area contributed by atoms with Gasteiger partial charge in [0, 0.05) is 47.4 Å². The van der Waals surface area contributed by atoms with E-state index in [1.54, 1.807) is 0 Å². The zero-order valence-electron chi connectivity index (χ0n) is 18.6. The van der Waals surface area contributed by atoms with Crippen LogP contribution < -0.4 is 5.32 Å². The van der Waals surface area contributed by atoms with Gasteiger partial charge in [-0.3, -0.25) is 0 Å². The fourth-order valence-electron chi connectivity index (χ4n) is 4.30. The van der Waals surface area contributed by atoms with Gasteiger partial charge in [-0.1, -0.05) is 86.7 Å². The molecule has 0 saturated carbocycles. The molecule has 0 amide bonds. The first kappa shape index (κ1) is 20.7. The van der Waals surface area contributed by atoms with Crippen LogP contribution in [0.25, 0.3) is 28.2 Å². The van der Waals surface area contributed by atoms with Crippen LogP contribution in [0.5, 0.6) is 0 Å². The Balaban J connectivity index is 1.81. The van der Waals surface area contributed by atoms with Gasteiger partial charge < -0.3 is 15.3 Å². The lowest BCUT2D eigenvalue weighted by Crippen LogP contribution is -2.27. The molecule has 0 radical (unpaired) electrons. The number of fused-ring (bicyclic) bond motifs is 1. The Morgan fingerprint density at radius 1 is 0.903 bits per heavy atom. The molecule has 31 heavy (non-hydrogen) atoms. The molecule has 1 heterocycles. The number of hydrogen-bond donors (Lipinski definition) is 2. The zero-order valence-corrected chi connectivity index (χ0v) is 18.6. The van der Waals surface area contributed by atoms with Crippen molar-refractivity contribution in [3.05, 3.63) is 96.1 Å². The SMILES string of the molecule is CNc1ccccc1C(C)(C)C(=N)C=Cc1c(-c2ccccc2)n(C)c2ccccc12. The highest BCUT2D eigenvalue weighted by Gasteiger charge is 2.27. The Morgan fingerprint density at radius 2 is 1.55 bits per heavy atom. The van der Waals surface area contributed by atoms with E-state index in [1.807, 2.05) is 31.3 Å². The Bertz CT molecular complexity index is 1260. The average Bonchev–Trinajstić information content (AvgIpc) is 3.09. The van der Waals surface area contributed by atoms with Crippen molar-refractivity contribution >= 4 is 28.4 Å². The quantitative estimate of drug-likeness (QED) is 0.335. The second-order valence-corrected chi connectivity index (χ2v) is 8.37. The molecule has 4 rings (SSSR count). The first-order valence-electron chi connectivity index (χ1n) is 10.6. The molecule has 3 heteroatoms. The number of aromatic nitrogens is 1. The summed E-state index contributed by atoms with van der Waals surface area (Å²) in [7, 11) is 4.04. The summed E-state index contributed by atoms with van der Waals surface area (Å²) in [6, 6.07) is 27.1. The summed E-state index contributed by atoms with van der Waals surface area (Å²) in [6.07, 6.45) is 4.07. The van der Waals surface area contributed by atoms with Crippen molar-refractivity contribution in [2.45, 2.75) is 19.3 Å². The highest BCUT2D eigenvalue weighted by Crippen LogP contribution is 2.35. The molecule has 0 aliphatic carbocycles. The number of hydrogen-bond acceptors (Lipinski definition) is 2. The normalized spacial score (nSPS) is 11.9. The van der Waals surface area contributed by atoms with E-state index in [1.165, 1.54) is 22.2 Å². The molecule has 0 atom stereocenters. The minimum absolute atomic E-state index is 0.423. The summed E-state index contributed by atoms with van der Waals surface area (Å²) in [5.41, 5.74) is 7.00. The first-order chi connectivity index (χ1) is 14.9. The summed E-state index contributed by atoms with van der Waals surface area (Å²) >= 11 is 0. The lowest BCUT2D eigenvalue weighted by atomic mass is 9.78. The van der Waals surface area contributed by atoms with Crippen molar-refractivity contribution in [1.82, 2.24) is 4.57 Å². The van der Waals surface area contributed by atoms with Crippen LogP contribution in [-0.2, 0) is 12.5 Å². The molecular formula is C28H29N3. The van der Waals surface area contributed by atoms with Crippen LogP contribution in [0.2, 0.25) is 0 Å². The molecule has 3 aromatic carbocycles. The second kappa shape index (κ2) is 8.27. The number of para-hydroxylation sites is 2. The topological polar surface area (TPSA) is 40.8 Å². The summed E-state index contributed by atoms with van der Waals surface area (Å²) in [6.45, 7) is 4.22. The van der Waals surface area contributed by atoms with Crippen molar-refractivity contribution in [2.75, 3.05) is 12.4 Å². The lowest BCUT2D eigenvalue weighted by molar-refractivity contribution is 0.718. The monoisotopic (exact) mass is 407 g/mol. The fraction of sp³-hybridized carbons (Fsp3) is 0.179. The standard InChI is InChI=1S/C28H29N3/c1-28(2,23-15-9-10-16-24(23)30-3)26(29)19-18-22-21-14-8-11-17-25(21)31(4)27(22)20-12-6-5-7-13-20/h5-19,29-30H,1-4H3. The molecule has 0 unspecified atom stereocenters. The van der Waals surface area contributed by atoms with Gasteiger partial charge in [0.05, 0.1) is 5.69 Å². The molecule has 0 aliphatic heterocycles. The van der Waals surface area contributed by atoms with Crippen molar-refractivity contribution < 1.29 is 0 Å². The molecular weight excluding hydrogens is 378 g/mol. The Kier molecular flexibility index (Phi) is 5.51. The van der Waals surface area contributed by atoms with Gasteiger partial charge in [-0.05, 0) is 29.3 Å². The van der Waals surface area contributed by atoms with Crippen molar-refractivity contribution in [1.29, 1.82) is 5.41 Å². The van der Waals surface area contributed by atoms with Crippen LogP contribution in [0.1, 0.15) is 25.0 Å². The second-order valence-electron chi connectivity index (χ2n) is 8.37. The van der Waals surface area contributed by atoms with E-state index in [9.17, 15) is 0 Å². The van der Waals surface area contributed by atoms with Gasteiger partial charge in [-0.15, -0.1) is 0 Å². The summed E-state index contributed by atoms with van der Waals surface area (Å²) in [4.78, 5) is 0. The summed E-state index contributed by atoms with van der Waals surface area (Å²) in [5, 5.41) is 13.4. The average molecular weight is 408 g/mol. The highest BCUT2D eigenvalue weighted by molar-refractivity contribution is 6.07. The number of rotatable bonds is 6. The van der Waals surface area contributed by atoms with Crippen LogP contribution in [0.4, 0.5) is 5.69 Å². The van der Waals surface area contributed by atoms with E-state index in [-0.39, 0.29) is 0 Å². The molecule has 1 aromatic heterocycles. The van der Waals surface area contributed by atoms with Gasteiger partial charge in [-0.2, -0.15) is 0 Å². The molecule has 0 fully saturated rings. The number of nitrogens with one attached hydrogen (secondary N) is 2. The van der Waals surface area contributed by atoms with Gasteiger partial charge in [-0.25, -0.2) is 0 Å². The van der Waals surface area contributed by atoms with Crippen LogP contribution in [0, 0.1) is 5.41 Å². The molecule has 4 aromatic rings. The maximum Gasteiger partial charge on any atom is 0.0562 e. The molecule has 0 bridgehead atoms. The van der Waals surface area contributed by atoms with Gasteiger partial charge in [0.1, 0.15) is 0 Å². The van der Waals surface area contributed by atoms with E-state index in [0.717, 1.165) is 16.8 Å². The highest BCUT2D eigenvalue weighted by atomic mass is 14.9. The van der Waals surface area contributed by atoms with Crippen molar-refractivity contribution in [2.24, 2.45) is 7.05 Å². The summed E-state index contributed by atoms with van der Waals surface area (Å²) < 4.78 is 2.25. The number of anilines is 1. The first-order valence-corrected chi connectivity index (χ1v) is 10.6. The van der Waals surface area contributed by atoms with Crippen LogP contribution in [0.3, 0.4) is 0 Å². The molecule has 0 spiro atoms. The molecule has 0 aliphatic rings. The lowest BCUT2D eigenvalue weighted by Gasteiger charge is -2.27. The predicted molar refractivity (Wildman–Crippen MR) is 134 cm³/mol. The minimum atomic E-state index is -0.423. The Labute approximate surface area is 184 Å².